The Balaban J connectivity index is 1.93. The predicted molar refractivity (Wildman–Crippen MR) is 100 cm³/mol. The van der Waals surface area contributed by atoms with Gasteiger partial charge in [0.05, 0.1) is 7.11 Å². The van der Waals surface area contributed by atoms with Gasteiger partial charge in [0.1, 0.15) is 11.6 Å². The van der Waals surface area contributed by atoms with E-state index in [1.165, 1.54) is 5.56 Å². The summed E-state index contributed by atoms with van der Waals surface area (Å²) in [4.78, 5) is 11.3. The summed E-state index contributed by atoms with van der Waals surface area (Å²) in [6.07, 6.45) is 4.94. The van der Waals surface area contributed by atoms with Gasteiger partial charge in [-0.3, -0.25) is 0 Å². The van der Waals surface area contributed by atoms with E-state index in [1.807, 2.05) is 24.4 Å². The molecular weight excluding hydrogens is 300 g/mol. The molecule has 1 aromatic carbocycles. The second-order valence-electron chi connectivity index (χ2n) is 5.76. The molecule has 2 rings (SSSR count). The summed E-state index contributed by atoms with van der Waals surface area (Å²) in [7, 11) is 1.69. The number of anilines is 2. The fourth-order valence-electron chi connectivity index (χ4n) is 2.61. The Morgan fingerprint density at radius 3 is 2.62 bits per heavy atom. The van der Waals surface area contributed by atoms with Crippen LogP contribution < -0.4 is 15.0 Å². The van der Waals surface area contributed by atoms with Gasteiger partial charge in [-0.15, -0.1) is 0 Å². The van der Waals surface area contributed by atoms with Gasteiger partial charge in [-0.2, -0.15) is 4.98 Å². The molecule has 5 nitrogen and oxygen atoms in total. The average molecular weight is 328 g/mol. The van der Waals surface area contributed by atoms with E-state index in [1.54, 1.807) is 7.11 Å². The van der Waals surface area contributed by atoms with E-state index in [9.17, 15) is 0 Å². The zero-order valence-corrected chi connectivity index (χ0v) is 15.0. The van der Waals surface area contributed by atoms with Crippen LogP contribution in [0.2, 0.25) is 0 Å². The van der Waals surface area contributed by atoms with Crippen molar-refractivity contribution < 1.29 is 4.74 Å². The molecule has 24 heavy (non-hydrogen) atoms. The Labute approximate surface area is 145 Å². The van der Waals surface area contributed by atoms with Crippen LogP contribution in [-0.2, 0) is 6.42 Å². The minimum Gasteiger partial charge on any atom is -0.497 e. The van der Waals surface area contributed by atoms with Crippen molar-refractivity contribution in [3.63, 3.8) is 0 Å². The minimum absolute atomic E-state index is 0.810. The van der Waals surface area contributed by atoms with Gasteiger partial charge in [0.15, 0.2) is 0 Å². The normalized spacial score (nSPS) is 10.5. The van der Waals surface area contributed by atoms with E-state index in [2.05, 4.69) is 46.2 Å². The van der Waals surface area contributed by atoms with Crippen molar-refractivity contribution in [2.45, 2.75) is 33.1 Å². The fraction of sp³-hybridized carbons (Fsp3) is 0.474. The first-order chi connectivity index (χ1) is 11.8. The second-order valence-corrected chi connectivity index (χ2v) is 5.76. The molecule has 0 aliphatic heterocycles. The number of rotatable bonds is 10. The lowest BCUT2D eigenvalue weighted by molar-refractivity contribution is 0.414. The lowest BCUT2D eigenvalue weighted by Crippen LogP contribution is -2.27. The minimum atomic E-state index is 0.810. The van der Waals surface area contributed by atoms with E-state index in [-0.39, 0.29) is 0 Å². The number of hydrogen-bond donors (Lipinski definition) is 1. The molecule has 2 aromatic rings. The van der Waals surface area contributed by atoms with E-state index < -0.39 is 0 Å². The van der Waals surface area contributed by atoms with Crippen molar-refractivity contribution in [2.75, 3.05) is 37.0 Å². The Morgan fingerprint density at radius 1 is 1.12 bits per heavy atom. The van der Waals surface area contributed by atoms with Crippen LogP contribution in [0.15, 0.2) is 36.5 Å². The van der Waals surface area contributed by atoms with Crippen molar-refractivity contribution in [3.8, 4) is 5.75 Å². The van der Waals surface area contributed by atoms with Crippen LogP contribution in [0.3, 0.4) is 0 Å². The zero-order chi connectivity index (χ0) is 17.2. The van der Waals surface area contributed by atoms with Gasteiger partial charge in [0, 0.05) is 25.8 Å². The molecule has 0 spiro atoms. The molecule has 0 bridgehead atoms. The molecule has 0 amide bonds. The molecule has 1 aromatic heterocycles. The number of ether oxygens (including phenoxy) is 1. The lowest BCUT2D eigenvalue weighted by Gasteiger charge is -2.21. The lowest BCUT2D eigenvalue weighted by atomic mass is 10.1. The summed E-state index contributed by atoms with van der Waals surface area (Å²) >= 11 is 0. The molecule has 130 valence electrons. The van der Waals surface area contributed by atoms with E-state index in [4.69, 9.17) is 4.74 Å². The molecular formula is C19H28N4O. The van der Waals surface area contributed by atoms with Crippen molar-refractivity contribution in [1.29, 1.82) is 0 Å². The molecule has 0 fully saturated rings. The number of aromatic nitrogens is 2. The monoisotopic (exact) mass is 328 g/mol. The molecule has 5 heteroatoms. The molecule has 0 unspecified atom stereocenters. The maximum atomic E-state index is 5.26. The smallest absolute Gasteiger partial charge is 0.227 e. The van der Waals surface area contributed by atoms with Gasteiger partial charge in [0.25, 0.3) is 0 Å². The third kappa shape index (κ3) is 5.41. The Hall–Kier alpha value is -2.30. The second kappa shape index (κ2) is 9.75. The number of benzene rings is 1. The van der Waals surface area contributed by atoms with Crippen molar-refractivity contribution in [2.24, 2.45) is 0 Å². The highest BCUT2D eigenvalue weighted by molar-refractivity contribution is 5.41. The summed E-state index contributed by atoms with van der Waals surface area (Å²) in [5.41, 5.74) is 1.25. The van der Waals surface area contributed by atoms with Gasteiger partial charge < -0.3 is 15.0 Å². The molecule has 1 heterocycles. The fourth-order valence-corrected chi connectivity index (χ4v) is 2.61. The van der Waals surface area contributed by atoms with Crippen LogP contribution in [0, 0.1) is 0 Å². The Kier molecular flexibility index (Phi) is 7.33. The average Bonchev–Trinajstić information content (AvgIpc) is 2.62. The first-order valence-corrected chi connectivity index (χ1v) is 8.71. The zero-order valence-electron chi connectivity index (χ0n) is 15.0. The molecule has 0 saturated carbocycles. The van der Waals surface area contributed by atoms with Gasteiger partial charge >= 0.3 is 0 Å². The summed E-state index contributed by atoms with van der Waals surface area (Å²) < 4.78 is 5.26. The largest absolute Gasteiger partial charge is 0.497 e. The quantitative estimate of drug-likeness (QED) is 0.719. The van der Waals surface area contributed by atoms with Crippen LogP contribution in [-0.4, -0.2) is 36.7 Å². The third-order valence-electron chi connectivity index (χ3n) is 3.77. The highest BCUT2D eigenvalue weighted by Crippen LogP contribution is 2.14. The molecule has 0 aliphatic carbocycles. The molecule has 0 aliphatic rings. The SMILES string of the molecule is CCCN(CCC)c1nccc(NCCc2cccc(OC)c2)n1. The maximum Gasteiger partial charge on any atom is 0.227 e. The van der Waals surface area contributed by atoms with Crippen molar-refractivity contribution in [3.05, 3.63) is 42.1 Å². The predicted octanol–water partition coefficient (Wildman–Crippen LogP) is 3.77. The summed E-state index contributed by atoms with van der Waals surface area (Å²) in [6.45, 7) is 7.16. The Bertz CT molecular complexity index is 612. The van der Waals surface area contributed by atoms with Gasteiger partial charge in [0.2, 0.25) is 5.95 Å². The van der Waals surface area contributed by atoms with Gasteiger partial charge in [-0.1, -0.05) is 26.0 Å². The van der Waals surface area contributed by atoms with E-state index in [0.29, 0.717) is 0 Å². The standard InChI is InChI=1S/C19H28N4O/c1-4-13-23(14-5-2)19-21-12-10-18(22-19)20-11-9-16-7-6-8-17(15-16)24-3/h6-8,10,12,15H,4-5,9,11,13-14H2,1-3H3,(H,20,21,22). The van der Waals surface area contributed by atoms with Crippen LogP contribution >= 0.6 is 0 Å². The number of methoxy groups -OCH3 is 1. The van der Waals surface area contributed by atoms with Crippen molar-refractivity contribution in [1.82, 2.24) is 9.97 Å². The molecule has 0 radical (unpaired) electrons. The van der Waals surface area contributed by atoms with Gasteiger partial charge in [-0.05, 0) is 43.0 Å². The highest BCUT2D eigenvalue weighted by Gasteiger charge is 2.08. The number of nitrogens with one attached hydrogen (secondary N) is 1. The molecule has 1 N–H and O–H groups in total. The van der Waals surface area contributed by atoms with Crippen LogP contribution in [0.5, 0.6) is 5.75 Å². The Morgan fingerprint density at radius 2 is 1.92 bits per heavy atom. The number of hydrogen-bond acceptors (Lipinski definition) is 5. The molecule has 0 saturated heterocycles. The summed E-state index contributed by atoms with van der Waals surface area (Å²) in [5.74, 6) is 2.58. The maximum absolute atomic E-state index is 5.26. The summed E-state index contributed by atoms with van der Waals surface area (Å²) in [5, 5.41) is 3.39. The van der Waals surface area contributed by atoms with Crippen LogP contribution in [0.4, 0.5) is 11.8 Å². The van der Waals surface area contributed by atoms with Crippen LogP contribution in [0.25, 0.3) is 0 Å². The van der Waals surface area contributed by atoms with E-state index in [0.717, 1.165) is 56.4 Å². The van der Waals surface area contributed by atoms with Gasteiger partial charge in [-0.25, -0.2) is 4.98 Å². The molecule has 0 atom stereocenters. The highest BCUT2D eigenvalue weighted by atomic mass is 16.5. The van der Waals surface area contributed by atoms with E-state index >= 15 is 0 Å². The summed E-state index contributed by atoms with van der Waals surface area (Å²) in [6, 6.07) is 10.1. The van der Waals surface area contributed by atoms with Crippen LogP contribution in [0.1, 0.15) is 32.3 Å². The topological polar surface area (TPSA) is 50.3 Å². The number of nitrogens with zero attached hydrogens (tertiary/aromatic N) is 3. The first-order valence-electron chi connectivity index (χ1n) is 8.71. The third-order valence-corrected chi connectivity index (χ3v) is 3.77. The first kappa shape index (κ1) is 18.0. The van der Waals surface area contributed by atoms with Crippen molar-refractivity contribution >= 4 is 11.8 Å².